The largest absolute Gasteiger partial charge is 0.309 e. The first kappa shape index (κ1) is 31.9. The lowest BCUT2D eigenvalue weighted by Crippen LogP contribution is -2.07. The highest BCUT2D eigenvalue weighted by atomic mass is 15.0. The van der Waals surface area contributed by atoms with Crippen molar-refractivity contribution in [3.8, 4) is 28.2 Å². The molecular formula is C54H37N3. The molecule has 3 heterocycles. The molecule has 0 saturated carbocycles. The number of aromatic nitrogens is 3. The Labute approximate surface area is 330 Å². The molecule has 1 aliphatic carbocycles. The topological polar surface area (TPSA) is 14.8 Å². The Bertz CT molecular complexity index is 3390. The molecule has 0 aliphatic heterocycles. The van der Waals surface area contributed by atoms with Crippen molar-refractivity contribution in [1.29, 1.82) is 0 Å². The van der Waals surface area contributed by atoms with Crippen LogP contribution in [0.4, 0.5) is 0 Å². The molecule has 0 bridgehead atoms. The van der Waals surface area contributed by atoms with Crippen molar-refractivity contribution in [3.63, 3.8) is 0 Å². The molecule has 0 saturated heterocycles. The zero-order valence-corrected chi connectivity index (χ0v) is 31.3. The SMILES string of the molecule is C1=CCC(c2cccc(-c3ccccc3)c2-n2c3ccccc3c3cc(-n4c5ccccc5c5ccc(-n6c7ccccc7c7ccccc76)cc54)ccc32)C=C1. The summed E-state index contributed by atoms with van der Waals surface area (Å²) in [4.78, 5) is 0. The number of para-hydroxylation sites is 5. The van der Waals surface area contributed by atoms with Crippen LogP contribution in [-0.2, 0) is 0 Å². The zero-order chi connectivity index (χ0) is 37.5. The highest BCUT2D eigenvalue weighted by Gasteiger charge is 2.23. The molecule has 1 unspecified atom stereocenters. The van der Waals surface area contributed by atoms with Crippen LogP contribution in [0.15, 0.2) is 206 Å². The minimum absolute atomic E-state index is 0.283. The number of nitrogens with zero attached hydrogens (tertiary/aromatic N) is 3. The van der Waals surface area contributed by atoms with Crippen molar-refractivity contribution < 1.29 is 0 Å². The van der Waals surface area contributed by atoms with E-state index in [-0.39, 0.29) is 5.92 Å². The van der Waals surface area contributed by atoms with E-state index in [1.54, 1.807) is 0 Å². The lowest BCUT2D eigenvalue weighted by atomic mass is 9.88. The quantitative estimate of drug-likeness (QED) is 0.168. The minimum atomic E-state index is 0.283. The third kappa shape index (κ3) is 4.79. The molecule has 3 aromatic heterocycles. The summed E-state index contributed by atoms with van der Waals surface area (Å²) >= 11 is 0. The van der Waals surface area contributed by atoms with Gasteiger partial charge in [0.25, 0.3) is 0 Å². The molecular weight excluding hydrogens is 691 g/mol. The molecule has 11 aromatic rings. The van der Waals surface area contributed by atoms with Gasteiger partial charge in [-0.1, -0.05) is 152 Å². The van der Waals surface area contributed by atoms with Crippen molar-refractivity contribution in [3.05, 3.63) is 212 Å². The van der Waals surface area contributed by atoms with Crippen LogP contribution in [-0.4, -0.2) is 13.7 Å². The maximum Gasteiger partial charge on any atom is 0.0578 e. The third-order valence-electron chi connectivity index (χ3n) is 12.2. The van der Waals surface area contributed by atoms with Crippen LogP contribution in [0.1, 0.15) is 17.9 Å². The average Bonchev–Trinajstić information content (AvgIpc) is 3.92. The molecule has 12 rings (SSSR count). The fraction of sp³-hybridized carbons (Fsp3) is 0.0370. The van der Waals surface area contributed by atoms with Crippen LogP contribution >= 0.6 is 0 Å². The van der Waals surface area contributed by atoms with Gasteiger partial charge >= 0.3 is 0 Å². The van der Waals surface area contributed by atoms with Gasteiger partial charge in [0.2, 0.25) is 0 Å². The van der Waals surface area contributed by atoms with Crippen LogP contribution in [0.2, 0.25) is 0 Å². The van der Waals surface area contributed by atoms with Crippen molar-refractivity contribution >= 4 is 65.4 Å². The van der Waals surface area contributed by atoms with E-state index in [1.807, 2.05) is 0 Å². The number of rotatable bonds is 5. The molecule has 3 heteroatoms. The average molecular weight is 728 g/mol. The number of hydrogen-bond acceptors (Lipinski definition) is 0. The van der Waals surface area contributed by atoms with Crippen LogP contribution in [0, 0.1) is 0 Å². The summed E-state index contributed by atoms with van der Waals surface area (Å²) in [5, 5.41) is 7.51. The number of fused-ring (bicyclic) bond motifs is 9. The van der Waals surface area contributed by atoms with Crippen LogP contribution < -0.4 is 0 Å². The molecule has 0 radical (unpaired) electrons. The predicted octanol–water partition coefficient (Wildman–Crippen LogP) is 14.2. The standard InChI is InChI=1S/C54H37N3/c1-3-16-36(17-4-1)40-24-15-25-41(37-18-5-2-6-19-37)54(40)57-51-29-14-10-23-45(51)47-34-38(31-33-52(47)57)56-50-28-13-9-22-44(50)46-32-30-39(35-53(46)56)55-48-26-11-7-20-42(48)43-21-8-12-27-49(43)55/h1-18,20-35,37H,19H2. The normalized spacial score (nSPS) is 14.3. The summed E-state index contributed by atoms with van der Waals surface area (Å²) in [5.74, 6) is 0.283. The Hall–Kier alpha value is -7.36. The Morgan fingerprint density at radius 2 is 0.895 bits per heavy atom. The molecule has 8 aromatic carbocycles. The molecule has 0 amide bonds. The Balaban J connectivity index is 1.13. The van der Waals surface area contributed by atoms with Gasteiger partial charge in [-0.05, 0) is 72.1 Å². The number of hydrogen-bond donors (Lipinski definition) is 0. The monoisotopic (exact) mass is 727 g/mol. The zero-order valence-electron chi connectivity index (χ0n) is 31.3. The second-order valence-electron chi connectivity index (χ2n) is 15.2. The van der Waals surface area contributed by atoms with Gasteiger partial charge in [-0.3, -0.25) is 0 Å². The number of allylic oxidation sites excluding steroid dienone is 4. The molecule has 0 spiro atoms. The van der Waals surface area contributed by atoms with Crippen LogP contribution in [0.25, 0.3) is 93.6 Å². The summed E-state index contributed by atoms with van der Waals surface area (Å²) < 4.78 is 7.42. The van der Waals surface area contributed by atoms with E-state index in [4.69, 9.17) is 0 Å². The molecule has 268 valence electrons. The highest BCUT2D eigenvalue weighted by Crippen LogP contribution is 2.43. The molecule has 1 atom stereocenters. The van der Waals surface area contributed by atoms with E-state index < -0.39 is 0 Å². The molecule has 3 nitrogen and oxygen atoms in total. The number of benzene rings is 8. The first-order valence-corrected chi connectivity index (χ1v) is 19.9. The first-order valence-electron chi connectivity index (χ1n) is 19.9. The van der Waals surface area contributed by atoms with Crippen molar-refractivity contribution in [2.75, 3.05) is 0 Å². The molecule has 57 heavy (non-hydrogen) atoms. The molecule has 0 N–H and O–H groups in total. The van der Waals surface area contributed by atoms with Crippen molar-refractivity contribution in [1.82, 2.24) is 13.7 Å². The predicted molar refractivity (Wildman–Crippen MR) is 241 cm³/mol. The van der Waals surface area contributed by atoms with Crippen LogP contribution in [0.5, 0.6) is 0 Å². The summed E-state index contributed by atoms with van der Waals surface area (Å²) in [6.07, 6.45) is 9.99. The van der Waals surface area contributed by atoms with Crippen molar-refractivity contribution in [2.45, 2.75) is 12.3 Å². The van der Waals surface area contributed by atoms with Crippen LogP contribution in [0.3, 0.4) is 0 Å². The van der Waals surface area contributed by atoms with E-state index in [0.717, 1.165) is 17.8 Å². The second-order valence-corrected chi connectivity index (χ2v) is 15.2. The minimum Gasteiger partial charge on any atom is -0.309 e. The van der Waals surface area contributed by atoms with Gasteiger partial charge < -0.3 is 13.7 Å². The fourth-order valence-corrected chi connectivity index (χ4v) is 9.69. The van der Waals surface area contributed by atoms with Gasteiger partial charge in [0.05, 0.1) is 38.8 Å². The summed E-state index contributed by atoms with van der Waals surface area (Å²) in [7, 11) is 0. The Kier molecular flexibility index (Phi) is 7.05. The third-order valence-corrected chi connectivity index (χ3v) is 12.2. The summed E-state index contributed by atoms with van der Waals surface area (Å²) in [6, 6.07) is 67.1. The lowest BCUT2D eigenvalue weighted by molar-refractivity contribution is 0.844. The second kappa shape index (κ2) is 12.6. The maximum atomic E-state index is 2.53. The first-order chi connectivity index (χ1) is 28.3. The maximum absolute atomic E-state index is 2.53. The van der Waals surface area contributed by atoms with Gasteiger partial charge in [0.15, 0.2) is 0 Å². The van der Waals surface area contributed by atoms with E-state index in [0.29, 0.717) is 0 Å². The summed E-state index contributed by atoms with van der Waals surface area (Å²) in [6.45, 7) is 0. The summed E-state index contributed by atoms with van der Waals surface area (Å²) in [5.41, 5.74) is 14.6. The van der Waals surface area contributed by atoms with Gasteiger partial charge in [-0.25, -0.2) is 0 Å². The Morgan fingerprint density at radius 1 is 0.368 bits per heavy atom. The smallest absolute Gasteiger partial charge is 0.0578 e. The highest BCUT2D eigenvalue weighted by molar-refractivity contribution is 6.14. The van der Waals surface area contributed by atoms with E-state index >= 15 is 0 Å². The van der Waals surface area contributed by atoms with Gasteiger partial charge in [0, 0.05) is 55.2 Å². The van der Waals surface area contributed by atoms with Crippen molar-refractivity contribution in [2.24, 2.45) is 0 Å². The van der Waals surface area contributed by atoms with E-state index in [9.17, 15) is 0 Å². The fourth-order valence-electron chi connectivity index (χ4n) is 9.69. The van der Waals surface area contributed by atoms with Gasteiger partial charge in [0.1, 0.15) is 0 Å². The molecule has 1 aliphatic rings. The molecule has 0 fully saturated rings. The van der Waals surface area contributed by atoms with Gasteiger partial charge in [-0.2, -0.15) is 0 Å². The van der Waals surface area contributed by atoms with E-state index in [2.05, 4.69) is 220 Å². The lowest BCUT2D eigenvalue weighted by Gasteiger charge is -2.23. The Morgan fingerprint density at radius 3 is 1.54 bits per heavy atom. The van der Waals surface area contributed by atoms with E-state index in [1.165, 1.54) is 87.8 Å². The van der Waals surface area contributed by atoms with Gasteiger partial charge in [-0.15, -0.1) is 0 Å².